The lowest BCUT2D eigenvalue weighted by Crippen LogP contribution is -2.40. The molecule has 1 aromatic carbocycles. The summed E-state index contributed by atoms with van der Waals surface area (Å²) in [7, 11) is 1.99. The maximum absolute atomic E-state index is 12.0. The van der Waals surface area contributed by atoms with Crippen molar-refractivity contribution in [2.75, 3.05) is 7.05 Å². The first kappa shape index (κ1) is 15.8. The number of fused-ring (bicyclic) bond motifs is 1. The highest BCUT2D eigenvalue weighted by atomic mass is 16.5. The van der Waals surface area contributed by atoms with Crippen LogP contribution >= 0.6 is 0 Å². The standard InChI is InChI=1S/C17H26N2O2/c1-11(2)19-17(20)12(3)21-16-10-6-7-13-14(16)8-5-9-15(13)18-4/h6-7,10-12,15,18H,5,8-9H2,1-4H3,(H,19,20). The number of hydrogen-bond donors (Lipinski definition) is 2. The molecule has 0 heterocycles. The third-order valence-corrected chi connectivity index (χ3v) is 3.92. The Morgan fingerprint density at radius 3 is 2.76 bits per heavy atom. The van der Waals surface area contributed by atoms with Gasteiger partial charge >= 0.3 is 0 Å². The predicted octanol–water partition coefficient (Wildman–Crippen LogP) is 2.58. The van der Waals surface area contributed by atoms with Crippen molar-refractivity contribution < 1.29 is 9.53 Å². The van der Waals surface area contributed by atoms with Gasteiger partial charge in [-0.25, -0.2) is 0 Å². The average molecular weight is 290 g/mol. The van der Waals surface area contributed by atoms with E-state index in [4.69, 9.17) is 4.74 Å². The summed E-state index contributed by atoms with van der Waals surface area (Å²) in [5, 5.41) is 6.24. The molecule has 0 spiro atoms. The van der Waals surface area contributed by atoms with E-state index in [9.17, 15) is 4.79 Å². The molecule has 4 nitrogen and oxygen atoms in total. The fraction of sp³-hybridized carbons (Fsp3) is 0.588. The molecule has 0 aliphatic heterocycles. The van der Waals surface area contributed by atoms with Crippen molar-refractivity contribution in [1.82, 2.24) is 10.6 Å². The van der Waals surface area contributed by atoms with Crippen LogP contribution in [0.4, 0.5) is 0 Å². The SMILES string of the molecule is CNC1CCCc2c(OC(C)C(=O)NC(C)C)cccc21. The highest BCUT2D eigenvalue weighted by molar-refractivity contribution is 5.81. The maximum atomic E-state index is 12.0. The molecular weight excluding hydrogens is 264 g/mol. The van der Waals surface area contributed by atoms with E-state index in [1.807, 2.05) is 33.0 Å². The van der Waals surface area contributed by atoms with Crippen molar-refractivity contribution in [3.8, 4) is 5.75 Å². The van der Waals surface area contributed by atoms with Crippen molar-refractivity contribution >= 4 is 5.91 Å². The second kappa shape index (κ2) is 6.94. The summed E-state index contributed by atoms with van der Waals surface area (Å²) in [5.74, 6) is 0.780. The van der Waals surface area contributed by atoms with E-state index in [-0.39, 0.29) is 11.9 Å². The third kappa shape index (κ3) is 3.76. The molecule has 0 bridgehead atoms. The minimum absolute atomic E-state index is 0.0661. The van der Waals surface area contributed by atoms with Gasteiger partial charge in [0, 0.05) is 12.1 Å². The molecular formula is C17H26N2O2. The summed E-state index contributed by atoms with van der Waals surface area (Å²) in [6, 6.07) is 6.65. The first-order valence-corrected chi connectivity index (χ1v) is 7.79. The van der Waals surface area contributed by atoms with E-state index in [1.54, 1.807) is 6.92 Å². The van der Waals surface area contributed by atoms with Crippen LogP contribution in [0, 0.1) is 0 Å². The van der Waals surface area contributed by atoms with Crippen LogP contribution in [-0.4, -0.2) is 25.1 Å². The smallest absolute Gasteiger partial charge is 0.260 e. The highest BCUT2D eigenvalue weighted by Crippen LogP contribution is 2.35. The fourth-order valence-electron chi connectivity index (χ4n) is 2.87. The summed E-state index contributed by atoms with van der Waals surface area (Å²) in [5.41, 5.74) is 2.55. The summed E-state index contributed by atoms with van der Waals surface area (Å²) in [6.07, 6.45) is 2.83. The molecule has 2 rings (SSSR count). The zero-order chi connectivity index (χ0) is 15.4. The fourth-order valence-corrected chi connectivity index (χ4v) is 2.87. The van der Waals surface area contributed by atoms with E-state index in [0.29, 0.717) is 6.04 Å². The second-order valence-electron chi connectivity index (χ2n) is 5.98. The molecule has 0 radical (unpaired) electrons. The zero-order valence-corrected chi connectivity index (χ0v) is 13.4. The summed E-state index contributed by atoms with van der Waals surface area (Å²) in [6.45, 7) is 5.70. The lowest BCUT2D eigenvalue weighted by molar-refractivity contribution is -0.127. The lowest BCUT2D eigenvalue weighted by Gasteiger charge is -2.27. The van der Waals surface area contributed by atoms with Crippen LogP contribution in [0.25, 0.3) is 0 Å². The van der Waals surface area contributed by atoms with Crippen molar-refractivity contribution in [2.24, 2.45) is 0 Å². The topological polar surface area (TPSA) is 50.4 Å². The van der Waals surface area contributed by atoms with Gasteiger partial charge in [-0.2, -0.15) is 0 Å². The van der Waals surface area contributed by atoms with E-state index in [0.717, 1.165) is 25.0 Å². The van der Waals surface area contributed by atoms with Crippen LogP contribution in [0.15, 0.2) is 18.2 Å². The summed E-state index contributed by atoms with van der Waals surface area (Å²) < 4.78 is 5.93. The van der Waals surface area contributed by atoms with Crippen molar-refractivity contribution in [3.05, 3.63) is 29.3 Å². The van der Waals surface area contributed by atoms with Crippen LogP contribution in [-0.2, 0) is 11.2 Å². The molecule has 21 heavy (non-hydrogen) atoms. The number of rotatable bonds is 5. The molecule has 1 aliphatic rings. The molecule has 116 valence electrons. The second-order valence-corrected chi connectivity index (χ2v) is 5.98. The van der Waals surface area contributed by atoms with Gasteiger partial charge in [0.2, 0.25) is 0 Å². The Bertz CT molecular complexity index is 500. The zero-order valence-electron chi connectivity index (χ0n) is 13.4. The van der Waals surface area contributed by atoms with Crippen LogP contribution in [0.3, 0.4) is 0 Å². The largest absolute Gasteiger partial charge is 0.481 e. The quantitative estimate of drug-likeness (QED) is 0.876. The average Bonchev–Trinajstić information content (AvgIpc) is 2.46. The van der Waals surface area contributed by atoms with Gasteiger partial charge in [-0.3, -0.25) is 4.79 Å². The Balaban J connectivity index is 2.16. The molecule has 2 atom stereocenters. The van der Waals surface area contributed by atoms with Gasteiger partial charge in [0.15, 0.2) is 6.10 Å². The first-order valence-electron chi connectivity index (χ1n) is 7.79. The van der Waals surface area contributed by atoms with Gasteiger partial charge in [0.05, 0.1) is 0 Å². The Kier molecular flexibility index (Phi) is 5.23. The van der Waals surface area contributed by atoms with Gasteiger partial charge in [-0.15, -0.1) is 0 Å². The maximum Gasteiger partial charge on any atom is 0.260 e. The van der Waals surface area contributed by atoms with Crippen molar-refractivity contribution in [1.29, 1.82) is 0 Å². The van der Waals surface area contributed by atoms with Crippen LogP contribution in [0.5, 0.6) is 5.75 Å². The normalized spacial score (nSPS) is 19.0. The van der Waals surface area contributed by atoms with Crippen LogP contribution < -0.4 is 15.4 Å². The van der Waals surface area contributed by atoms with Crippen LogP contribution in [0.2, 0.25) is 0 Å². The Labute approximate surface area is 127 Å². The molecule has 2 N–H and O–H groups in total. The van der Waals surface area contributed by atoms with Crippen molar-refractivity contribution in [2.45, 2.75) is 58.2 Å². The van der Waals surface area contributed by atoms with Gasteiger partial charge in [-0.1, -0.05) is 12.1 Å². The highest BCUT2D eigenvalue weighted by Gasteiger charge is 2.23. The molecule has 0 aromatic heterocycles. The third-order valence-electron chi connectivity index (χ3n) is 3.92. The summed E-state index contributed by atoms with van der Waals surface area (Å²) >= 11 is 0. The Morgan fingerprint density at radius 2 is 2.10 bits per heavy atom. The minimum Gasteiger partial charge on any atom is -0.481 e. The lowest BCUT2D eigenvalue weighted by atomic mass is 9.87. The number of carbonyl (C=O) groups excluding carboxylic acids is 1. The minimum atomic E-state index is -0.478. The van der Waals surface area contributed by atoms with Gasteiger partial charge in [0.25, 0.3) is 5.91 Å². The van der Waals surface area contributed by atoms with Gasteiger partial charge in [0.1, 0.15) is 5.75 Å². The number of amides is 1. The molecule has 4 heteroatoms. The van der Waals surface area contributed by atoms with Gasteiger partial charge in [-0.05, 0) is 64.3 Å². The molecule has 1 amide bonds. The van der Waals surface area contributed by atoms with E-state index in [1.165, 1.54) is 11.1 Å². The molecule has 0 saturated heterocycles. The monoisotopic (exact) mass is 290 g/mol. The summed E-state index contributed by atoms with van der Waals surface area (Å²) in [4.78, 5) is 12.0. The molecule has 1 aromatic rings. The number of hydrogen-bond acceptors (Lipinski definition) is 3. The number of carbonyl (C=O) groups is 1. The Hall–Kier alpha value is -1.55. The molecule has 1 aliphatic carbocycles. The Morgan fingerprint density at radius 1 is 1.33 bits per heavy atom. The first-order chi connectivity index (χ1) is 10.0. The number of nitrogens with one attached hydrogen (secondary N) is 2. The van der Waals surface area contributed by atoms with Gasteiger partial charge < -0.3 is 15.4 Å². The van der Waals surface area contributed by atoms with E-state index < -0.39 is 6.10 Å². The molecule has 2 unspecified atom stereocenters. The van der Waals surface area contributed by atoms with E-state index >= 15 is 0 Å². The molecule has 0 saturated carbocycles. The number of benzene rings is 1. The number of ether oxygens (including phenoxy) is 1. The van der Waals surface area contributed by atoms with Crippen LogP contribution in [0.1, 0.15) is 50.8 Å². The molecule has 0 fully saturated rings. The predicted molar refractivity (Wildman–Crippen MR) is 84.5 cm³/mol. The van der Waals surface area contributed by atoms with Crippen molar-refractivity contribution in [3.63, 3.8) is 0 Å². The van der Waals surface area contributed by atoms with E-state index in [2.05, 4.69) is 16.7 Å².